The van der Waals surface area contributed by atoms with Crippen LogP contribution in [0, 0.1) is 12.8 Å². The lowest BCUT2D eigenvalue weighted by molar-refractivity contribution is 0.693. The topological polar surface area (TPSA) is 55.0 Å². The molecule has 0 aliphatic rings. The van der Waals surface area contributed by atoms with Gasteiger partial charge in [-0.15, -0.1) is 5.10 Å². The molecule has 1 atom stereocenters. The van der Waals surface area contributed by atoms with E-state index in [9.17, 15) is 0 Å². The van der Waals surface area contributed by atoms with Crippen molar-refractivity contribution in [1.82, 2.24) is 10.2 Å². The first-order valence-corrected chi connectivity index (χ1v) is 5.80. The fraction of sp³-hybridized carbons (Fsp3) is 0.545. The molecule has 0 bridgehead atoms. The van der Waals surface area contributed by atoms with Gasteiger partial charge >= 0.3 is 0 Å². The lowest BCUT2D eigenvalue weighted by Crippen LogP contribution is -2.34. The summed E-state index contributed by atoms with van der Waals surface area (Å²) in [6, 6.07) is 3.93. The van der Waals surface area contributed by atoms with Gasteiger partial charge in [0.2, 0.25) is 0 Å². The number of aromatic nitrogens is 2. The molecule has 0 spiro atoms. The number of hydrogen-bond donors (Lipinski definition) is 1. The van der Waals surface area contributed by atoms with E-state index < -0.39 is 0 Å². The minimum Gasteiger partial charge on any atom is -0.393 e. The molecule has 1 aromatic rings. The largest absolute Gasteiger partial charge is 0.393 e. The summed E-state index contributed by atoms with van der Waals surface area (Å²) in [6.07, 6.45) is 0. The molecule has 1 rings (SSSR count). The molecule has 0 amide bonds. The number of nitrogens with two attached hydrogens (primary N) is 1. The summed E-state index contributed by atoms with van der Waals surface area (Å²) < 4.78 is 0. The summed E-state index contributed by atoms with van der Waals surface area (Å²) >= 11 is 4.97. The molecular formula is C11H18N4S. The summed E-state index contributed by atoms with van der Waals surface area (Å²) in [6.45, 7) is 7.67. The third-order valence-electron chi connectivity index (χ3n) is 2.47. The average Bonchev–Trinajstić information content (AvgIpc) is 2.26. The van der Waals surface area contributed by atoms with Crippen LogP contribution in [0.4, 0.5) is 5.82 Å². The van der Waals surface area contributed by atoms with Crippen LogP contribution in [0.5, 0.6) is 0 Å². The summed E-state index contributed by atoms with van der Waals surface area (Å²) in [7, 11) is 0. The van der Waals surface area contributed by atoms with Gasteiger partial charge in [-0.1, -0.05) is 19.1 Å². The smallest absolute Gasteiger partial charge is 0.151 e. The monoisotopic (exact) mass is 238 g/mol. The zero-order valence-corrected chi connectivity index (χ0v) is 10.8. The van der Waals surface area contributed by atoms with Crippen LogP contribution in [0.1, 0.15) is 19.5 Å². The fourth-order valence-corrected chi connectivity index (χ4v) is 1.44. The Labute approximate surface area is 102 Å². The van der Waals surface area contributed by atoms with Crippen molar-refractivity contribution in [2.75, 3.05) is 18.0 Å². The van der Waals surface area contributed by atoms with E-state index in [2.05, 4.69) is 22.0 Å². The lowest BCUT2D eigenvalue weighted by atomic mass is 10.1. The van der Waals surface area contributed by atoms with Gasteiger partial charge in [-0.25, -0.2) is 0 Å². The first kappa shape index (κ1) is 12.8. The maximum atomic E-state index is 5.61. The minimum absolute atomic E-state index is 0.179. The second kappa shape index (κ2) is 5.75. The second-order valence-electron chi connectivity index (χ2n) is 3.87. The highest BCUT2D eigenvalue weighted by molar-refractivity contribution is 7.80. The Morgan fingerprint density at radius 3 is 2.62 bits per heavy atom. The highest BCUT2D eigenvalue weighted by Gasteiger charge is 2.12. The summed E-state index contributed by atoms with van der Waals surface area (Å²) in [5, 5.41) is 8.20. The Kier molecular flexibility index (Phi) is 4.61. The van der Waals surface area contributed by atoms with Crippen molar-refractivity contribution in [1.29, 1.82) is 0 Å². The maximum absolute atomic E-state index is 5.61. The lowest BCUT2D eigenvalue weighted by Gasteiger charge is -2.24. The first-order valence-electron chi connectivity index (χ1n) is 5.39. The van der Waals surface area contributed by atoms with E-state index in [1.807, 2.05) is 26.0 Å². The van der Waals surface area contributed by atoms with Crippen molar-refractivity contribution >= 4 is 23.0 Å². The second-order valence-corrected chi connectivity index (χ2v) is 4.35. The van der Waals surface area contributed by atoms with Crippen LogP contribution in [0.3, 0.4) is 0 Å². The molecule has 1 heterocycles. The normalized spacial score (nSPS) is 12.2. The number of hydrogen-bond acceptors (Lipinski definition) is 4. The molecule has 4 nitrogen and oxygen atoms in total. The Hall–Kier alpha value is -1.23. The molecular weight excluding hydrogens is 220 g/mol. The standard InChI is InChI=1S/C11H18N4S/c1-4-15(7-8(2)11(12)16)10-6-5-9(3)13-14-10/h5-6,8H,4,7H2,1-3H3,(H2,12,16). The molecule has 16 heavy (non-hydrogen) atoms. The van der Waals surface area contributed by atoms with E-state index in [0.717, 1.165) is 24.6 Å². The molecule has 0 aliphatic carbocycles. The van der Waals surface area contributed by atoms with Crippen molar-refractivity contribution < 1.29 is 0 Å². The van der Waals surface area contributed by atoms with Gasteiger partial charge in [0, 0.05) is 19.0 Å². The van der Waals surface area contributed by atoms with E-state index in [4.69, 9.17) is 18.0 Å². The van der Waals surface area contributed by atoms with Gasteiger partial charge in [0.25, 0.3) is 0 Å². The van der Waals surface area contributed by atoms with Gasteiger partial charge in [0.1, 0.15) is 0 Å². The van der Waals surface area contributed by atoms with Crippen LogP contribution in [0.2, 0.25) is 0 Å². The third-order valence-corrected chi connectivity index (χ3v) is 2.87. The molecule has 0 aromatic carbocycles. The van der Waals surface area contributed by atoms with Crippen LogP contribution < -0.4 is 10.6 Å². The number of anilines is 1. The molecule has 2 N–H and O–H groups in total. The summed E-state index contributed by atoms with van der Waals surface area (Å²) in [4.78, 5) is 2.66. The van der Waals surface area contributed by atoms with Crippen LogP contribution in [0.15, 0.2) is 12.1 Å². The number of rotatable bonds is 5. The van der Waals surface area contributed by atoms with Gasteiger partial charge < -0.3 is 10.6 Å². The molecule has 0 fully saturated rings. The maximum Gasteiger partial charge on any atom is 0.151 e. The van der Waals surface area contributed by atoms with Gasteiger partial charge in [-0.05, 0) is 26.0 Å². The van der Waals surface area contributed by atoms with E-state index in [-0.39, 0.29) is 5.92 Å². The quantitative estimate of drug-likeness (QED) is 0.788. The van der Waals surface area contributed by atoms with E-state index in [1.54, 1.807) is 0 Å². The molecule has 0 aliphatic heterocycles. The zero-order chi connectivity index (χ0) is 12.1. The number of thiocarbonyl (C=S) groups is 1. The van der Waals surface area contributed by atoms with Gasteiger partial charge in [-0.3, -0.25) is 0 Å². The summed E-state index contributed by atoms with van der Waals surface area (Å²) in [5.74, 6) is 1.05. The molecule has 88 valence electrons. The number of aryl methyl sites for hydroxylation is 1. The predicted octanol–water partition coefficient (Wildman–Crippen LogP) is 1.53. The molecule has 0 saturated heterocycles. The van der Waals surface area contributed by atoms with Crippen LogP contribution in [-0.2, 0) is 0 Å². The fourth-order valence-electron chi connectivity index (χ4n) is 1.37. The van der Waals surface area contributed by atoms with Crippen LogP contribution >= 0.6 is 12.2 Å². The zero-order valence-electron chi connectivity index (χ0n) is 9.97. The van der Waals surface area contributed by atoms with Crippen molar-refractivity contribution in [3.63, 3.8) is 0 Å². The predicted molar refractivity (Wildman–Crippen MR) is 70.6 cm³/mol. The Balaban J connectivity index is 2.74. The summed E-state index contributed by atoms with van der Waals surface area (Å²) in [5.41, 5.74) is 6.53. The Morgan fingerprint density at radius 1 is 1.50 bits per heavy atom. The highest BCUT2D eigenvalue weighted by Crippen LogP contribution is 2.11. The van der Waals surface area contributed by atoms with Crippen molar-refractivity contribution in [2.24, 2.45) is 11.7 Å². The molecule has 1 unspecified atom stereocenters. The first-order chi connectivity index (χ1) is 7.54. The Bertz CT molecular complexity index is 350. The molecule has 0 radical (unpaired) electrons. The van der Waals surface area contributed by atoms with Gasteiger partial charge in [0.15, 0.2) is 5.82 Å². The SMILES string of the molecule is CCN(CC(C)C(N)=S)c1ccc(C)nn1. The number of nitrogens with zero attached hydrogens (tertiary/aromatic N) is 3. The molecule has 5 heteroatoms. The van der Waals surface area contributed by atoms with Crippen molar-refractivity contribution in [3.05, 3.63) is 17.8 Å². The van der Waals surface area contributed by atoms with E-state index in [0.29, 0.717) is 4.99 Å². The third kappa shape index (κ3) is 3.41. The van der Waals surface area contributed by atoms with Crippen molar-refractivity contribution in [2.45, 2.75) is 20.8 Å². The molecule has 0 saturated carbocycles. The van der Waals surface area contributed by atoms with Crippen LogP contribution in [-0.4, -0.2) is 28.3 Å². The van der Waals surface area contributed by atoms with Gasteiger partial charge in [-0.2, -0.15) is 5.10 Å². The molecule has 1 aromatic heterocycles. The minimum atomic E-state index is 0.179. The van der Waals surface area contributed by atoms with E-state index in [1.165, 1.54) is 0 Å². The van der Waals surface area contributed by atoms with Gasteiger partial charge in [0.05, 0.1) is 10.7 Å². The van der Waals surface area contributed by atoms with Crippen LogP contribution in [0.25, 0.3) is 0 Å². The highest BCUT2D eigenvalue weighted by atomic mass is 32.1. The average molecular weight is 238 g/mol. The van der Waals surface area contributed by atoms with Crippen molar-refractivity contribution in [3.8, 4) is 0 Å². The Morgan fingerprint density at radius 2 is 2.19 bits per heavy atom. The van der Waals surface area contributed by atoms with E-state index >= 15 is 0 Å².